The zero-order valence-electron chi connectivity index (χ0n) is 10.3. The van der Waals surface area contributed by atoms with Gasteiger partial charge in [0.15, 0.2) is 0 Å². The number of nitrogens with one attached hydrogen (secondary N) is 2. The molecule has 0 bridgehead atoms. The summed E-state index contributed by atoms with van der Waals surface area (Å²) in [6.07, 6.45) is 0.995. The van der Waals surface area contributed by atoms with Gasteiger partial charge in [-0.05, 0) is 12.0 Å². The van der Waals surface area contributed by atoms with Gasteiger partial charge in [-0.15, -0.1) is 0 Å². The molecular weight excluding hydrogens is 294 g/mol. The number of carbonyl (C=O) groups is 1. The lowest BCUT2D eigenvalue weighted by Crippen LogP contribution is -2.47. The van der Waals surface area contributed by atoms with E-state index in [0.29, 0.717) is 0 Å². The largest absolute Gasteiger partial charge is 0.368 e. The van der Waals surface area contributed by atoms with E-state index < -0.39 is 27.5 Å². The Morgan fingerprint density at radius 1 is 1.47 bits per heavy atom. The molecule has 1 rings (SSSR count). The molecule has 1 aromatic rings. The van der Waals surface area contributed by atoms with Gasteiger partial charge in [0.05, 0.1) is 4.90 Å². The third-order valence-corrected chi connectivity index (χ3v) is 4.10. The second-order valence-corrected chi connectivity index (χ2v) is 6.38. The first-order chi connectivity index (χ1) is 8.65. The molecule has 19 heavy (non-hydrogen) atoms. The van der Waals surface area contributed by atoms with E-state index in [9.17, 15) is 18.0 Å². The smallest absolute Gasteiger partial charge is 0.266 e. The highest BCUT2D eigenvalue weighted by molar-refractivity contribution is 7.89. The number of H-pyrrole nitrogens is 1. The molecule has 1 aromatic heterocycles. The van der Waals surface area contributed by atoms with E-state index in [1.54, 1.807) is 13.8 Å². The number of pyridine rings is 1. The van der Waals surface area contributed by atoms with Crippen molar-refractivity contribution in [3.05, 3.63) is 27.6 Å². The standard InChI is InChI=1S/C10H14ClN3O4S/c1-5(2)8(9(12)15)14-19(17,18)6-3-7(11)10(16)13-4-6/h3-5,8,14H,1-2H3,(H2,12,15)(H,13,16). The van der Waals surface area contributed by atoms with Gasteiger partial charge >= 0.3 is 0 Å². The first kappa shape index (κ1) is 15.7. The van der Waals surface area contributed by atoms with Crippen LogP contribution in [0.25, 0.3) is 0 Å². The molecule has 7 nitrogen and oxygen atoms in total. The van der Waals surface area contributed by atoms with E-state index in [0.717, 1.165) is 12.3 Å². The summed E-state index contributed by atoms with van der Waals surface area (Å²) >= 11 is 5.55. The summed E-state index contributed by atoms with van der Waals surface area (Å²) in [5.74, 6) is -1.10. The number of sulfonamides is 1. The normalized spacial score (nSPS) is 13.5. The van der Waals surface area contributed by atoms with Crippen LogP contribution in [0.4, 0.5) is 0 Å². The number of aromatic nitrogens is 1. The molecule has 0 saturated carbocycles. The Labute approximate surface area is 115 Å². The second kappa shape index (κ2) is 5.72. The predicted octanol–water partition coefficient (Wildman–Crippen LogP) is -0.184. The molecule has 1 unspecified atom stereocenters. The van der Waals surface area contributed by atoms with E-state index in [-0.39, 0.29) is 15.8 Å². The van der Waals surface area contributed by atoms with E-state index in [2.05, 4.69) is 9.71 Å². The monoisotopic (exact) mass is 307 g/mol. The van der Waals surface area contributed by atoms with Gasteiger partial charge in [0.1, 0.15) is 11.1 Å². The Balaban J connectivity index is 3.13. The highest BCUT2D eigenvalue weighted by Gasteiger charge is 2.27. The van der Waals surface area contributed by atoms with Crippen molar-refractivity contribution in [1.82, 2.24) is 9.71 Å². The van der Waals surface area contributed by atoms with Gasteiger partial charge in [0.2, 0.25) is 15.9 Å². The Kier molecular flexibility index (Phi) is 4.72. The molecule has 0 aromatic carbocycles. The summed E-state index contributed by atoms with van der Waals surface area (Å²) in [7, 11) is -3.99. The maximum Gasteiger partial charge on any atom is 0.266 e. The highest BCUT2D eigenvalue weighted by Crippen LogP contribution is 2.12. The second-order valence-electron chi connectivity index (χ2n) is 4.26. The van der Waals surface area contributed by atoms with Gasteiger partial charge in [-0.2, -0.15) is 4.72 Å². The molecule has 0 aliphatic carbocycles. The fraction of sp³-hybridized carbons (Fsp3) is 0.400. The molecule has 1 atom stereocenters. The SMILES string of the molecule is CC(C)C(NS(=O)(=O)c1c[nH]c(=O)c(Cl)c1)C(N)=O. The number of hydrogen-bond acceptors (Lipinski definition) is 4. The lowest BCUT2D eigenvalue weighted by molar-refractivity contribution is -0.120. The van der Waals surface area contributed by atoms with Crippen molar-refractivity contribution in [3.63, 3.8) is 0 Å². The molecule has 4 N–H and O–H groups in total. The molecule has 9 heteroatoms. The van der Waals surface area contributed by atoms with Crippen LogP contribution in [0.5, 0.6) is 0 Å². The fourth-order valence-electron chi connectivity index (χ4n) is 1.35. The highest BCUT2D eigenvalue weighted by atomic mass is 35.5. The van der Waals surface area contributed by atoms with E-state index >= 15 is 0 Å². The Morgan fingerprint density at radius 2 is 2.05 bits per heavy atom. The number of nitrogens with two attached hydrogens (primary N) is 1. The van der Waals surface area contributed by atoms with Crippen molar-refractivity contribution in [2.45, 2.75) is 24.8 Å². The average Bonchev–Trinajstić information content (AvgIpc) is 2.28. The van der Waals surface area contributed by atoms with Gasteiger partial charge < -0.3 is 10.7 Å². The van der Waals surface area contributed by atoms with Crippen molar-refractivity contribution in [1.29, 1.82) is 0 Å². The van der Waals surface area contributed by atoms with Crippen molar-refractivity contribution >= 4 is 27.5 Å². The zero-order chi connectivity index (χ0) is 14.8. The maximum absolute atomic E-state index is 12.0. The third kappa shape index (κ3) is 3.79. The minimum absolute atomic E-state index is 0.246. The van der Waals surface area contributed by atoms with Crippen LogP contribution in [0.15, 0.2) is 22.0 Å². The minimum atomic E-state index is -3.99. The van der Waals surface area contributed by atoms with Crippen LogP contribution in [0.1, 0.15) is 13.8 Å². The molecule has 0 aliphatic heterocycles. The van der Waals surface area contributed by atoms with Crippen LogP contribution < -0.4 is 16.0 Å². The van der Waals surface area contributed by atoms with Gasteiger partial charge in [-0.25, -0.2) is 8.42 Å². The molecular formula is C10H14ClN3O4S. The van der Waals surface area contributed by atoms with E-state index in [1.807, 2.05) is 0 Å². The minimum Gasteiger partial charge on any atom is -0.368 e. The Bertz CT molecular complexity index is 638. The quantitative estimate of drug-likeness (QED) is 0.698. The molecule has 0 radical (unpaired) electrons. The third-order valence-electron chi connectivity index (χ3n) is 2.40. The van der Waals surface area contributed by atoms with Gasteiger partial charge in [-0.3, -0.25) is 9.59 Å². The van der Waals surface area contributed by atoms with E-state index in [1.165, 1.54) is 0 Å². The molecule has 0 saturated heterocycles. The van der Waals surface area contributed by atoms with Crippen LogP contribution in [-0.4, -0.2) is 25.4 Å². The average molecular weight is 308 g/mol. The Morgan fingerprint density at radius 3 is 2.47 bits per heavy atom. The molecule has 106 valence electrons. The van der Waals surface area contributed by atoms with Gasteiger partial charge in [0, 0.05) is 6.20 Å². The lowest BCUT2D eigenvalue weighted by atomic mass is 10.1. The summed E-state index contributed by atoms with van der Waals surface area (Å²) in [4.78, 5) is 24.2. The van der Waals surface area contributed by atoms with Crippen molar-refractivity contribution in [2.75, 3.05) is 0 Å². The molecule has 0 spiro atoms. The maximum atomic E-state index is 12.0. The molecule has 0 fully saturated rings. The zero-order valence-corrected chi connectivity index (χ0v) is 11.9. The number of rotatable bonds is 5. The number of carbonyl (C=O) groups excluding carboxylic acids is 1. The number of amides is 1. The lowest BCUT2D eigenvalue weighted by Gasteiger charge is -2.18. The molecule has 0 aliphatic rings. The summed E-state index contributed by atoms with van der Waals surface area (Å²) in [5, 5.41) is -0.261. The molecule has 1 heterocycles. The number of primary amides is 1. The van der Waals surface area contributed by atoms with Crippen molar-refractivity contribution in [3.8, 4) is 0 Å². The number of halogens is 1. The van der Waals surface area contributed by atoms with Crippen LogP contribution in [-0.2, 0) is 14.8 Å². The van der Waals surface area contributed by atoms with Gasteiger partial charge in [0.25, 0.3) is 5.56 Å². The van der Waals surface area contributed by atoms with Crippen LogP contribution >= 0.6 is 11.6 Å². The van der Waals surface area contributed by atoms with E-state index in [4.69, 9.17) is 17.3 Å². The summed E-state index contributed by atoms with van der Waals surface area (Å²) < 4.78 is 26.2. The predicted molar refractivity (Wildman–Crippen MR) is 70.2 cm³/mol. The number of hydrogen-bond donors (Lipinski definition) is 3. The number of aromatic amines is 1. The van der Waals surface area contributed by atoms with Crippen LogP contribution in [0.2, 0.25) is 5.02 Å². The Hall–Kier alpha value is -1.38. The first-order valence-corrected chi connectivity index (χ1v) is 7.21. The summed E-state index contributed by atoms with van der Waals surface area (Å²) in [6.45, 7) is 3.30. The summed E-state index contributed by atoms with van der Waals surface area (Å²) in [6, 6.07) is -0.0446. The van der Waals surface area contributed by atoms with Crippen LogP contribution in [0, 0.1) is 5.92 Å². The summed E-state index contributed by atoms with van der Waals surface area (Å²) in [5.41, 5.74) is 4.53. The first-order valence-electron chi connectivity index (χ1n) is 5.35. The van der Waals surface area contributed by atoms with Gasteiger partial charge in [-0.1, -0.05) is 25.4 Å². The van der Waals surface area contributed by atoms with Crippen LogP contribution in [0.3, 0.4) is 0 Å². The van der Waals surface area contributed by atoms with Crippen molar-refractivity contribution < 1.29 is 13.2 Å². The topological polar surface area (TPSA) is 122 Å². The fourth-order valence-corrected chi connectivity index (χ4v) is 2.93. The molecule has 1 amide bonds. The van der Waals surface area contributed by atoms with Crippen molar-refractivity contribution in [2.24, 2.45) is 11.7 Å².